The Kier molecular flexibility index (Phi) is 5.08. The Bertz CT molecular complexity index is 464. The van der Waals surface area contributed by atoms with Gasteiger partial charge in [-0.25, -0.2) is 4.79 Å². The molecule has 0 fully saturated rings. The van der Waals surface area contributed by atoms with Gasteiger partial charge in [-0.1, -0.05) is 11.6 Å². The number of aromatic carboxylic acids is 1. The van der Waals surface area contributed by atoms with Crippen molar-refractivity contribution in [1.82, 2.24) is 0 Å². The molecule has 7 heteroatoms. The minimum Gasteiger partial charge on any atom is -0.478 e. The Labute approximate surface area is 109 Å². The molecule has 18 heavy (non-hydrogen) atoms. The summed E-state index contributed by atoms with van der Waals surface area (Å²) in [5.41, 5.74) is 5.57. The molecule has 0 aromatic heterocycles. The van der Waals surface area contributed by atoms with Gasteiger partial charge in [0.05, 0.1) is 17.9 Å². The van der Waals surface area contributed by atoms with E-state index in [1.165, 1.54) is 25.3 Å². The quantitative estimate of drug-likeness (QED) is 0.741. The largest absolute Gasteiger partial charge is 0.478 e. The normalized spacial score (nSPS) is 11.9. The van der Waals surface area contributed by atoms with Gasteiger partial charge in [0.1, 0.15) is 6.04 Å². The summed E-state index contributed by atoms with van der Waals surface area (Å²) in [5.74, 6) is -1.71. The molecule has 4 N–H and O–H groups in total. The average Bonchev–Trinajstić information content (AvgIpc) is 2.31. The summed E-state index contributed by atoms with van der Waals surface area (Å²) in [4.78, 5) is 22.6. The number of nitrogens with one attached hydrogen (secondary N) is 1. The Balaban J connectivity index is 2.90. The third kappa shape index (κ3) is 3.69. The number of halogens is 1. The molecule has 98 valence electrons. The molecule has 0 saturated heterocycles. The van der Waals surface area contributed by atoms with Gasteiger partial charge < -0.3 is 20.9 Å². The third-order valence-electron chi connectivity index (χ3n) is 2.15. The van der Waals surface area contributed by atoms with Gasteiger partial charge >= 0.3 is 5.97 Å². The van der Waals surface area contributed by atoms with Crippen molar-refractivity contribution in [2.75, 3.05) is 19.0 Å². The maximum absolute atomic E-state index is 11.6. The standard InChI is InChI=1S/C11H13ClN2O4/c1-18-5-8(13)10(15)14-9-3-2-6(12)4-7(9)11(16)17/h2-4,8H,5,13H2,1H3,(H,14,15)(H,16,17). The number of hydrogen-bond acceptors (Lipinski definition) is 4. The maximum Gasteiger partial charge on any atom is 0.337 e. The highest BCUT2D eigenvalue weighted by molar-refractivity contribution is 6.31. The summed E-state index contributed by atoms with van der Waals surface area (Å²) >= 11 is 5.69. The smallest absolute Gasteiger partial charge is 0.337 e. The van der Waals surface area contributed by atoms with Gasteiger partial charge in [0.25, 0.3) is 0 Å². The zero-order valence-corrected chi connectivity index (χ0v) is 10.4. The van der Waals surface area contributed by atoms with Gasteiger partial charge in [-0.15, -0.1) is 0 Å². The summed E-state index contributed by atoms with van der Waals surface area (Å²) in [6.45, 7) is 0.0435. The van der Waals surface area contributed by atoms with Crippen molar-refractivity contribution in [1.29, 1.82) is 0 Å². The number of hydrogen-bond donors (Lipinski definition) is 3. The van der Waals surface area contributed by atoms with Crippen LogP contribution in [-0.2, 0) is 9.53 Å². The van der Waals surface area contributed by atoms with Gasteiger partial charge in [0.2, 0.25) is 5.91 Å². The highest BCUT2D eigenvalue weighted by Crippen LogP contribution is 2.20. The molecule has 1 amide bonds. The van der Waals surface area contributed by atoms with Crippen molar-refractivity contribution in [3.63, 3.8) is 0 Å². The number of carboxylic acids is 1. The number of carboxylic acid groups (broad SMARTS) is 1. The molecule has 1 atom stereocenters. The SMILES string of the molecule is COCC(N)C(=O)Nc1ccc(Cl)cc1C(=O)O. The highest BCUT2D eigenvalue weighted by atomic mass is 35.5. The van der Waals surface area contributed by atoms with Crippen LogP contribution in [0.1, 0.15) is 10.4 Å². The van der Waals surface area contributed by atoms with Crippen molar-refractivity contribution in [3.8, 4) is 0 Å². The fourth-order valence-electron chi connectivity index (χ4n) is 1.28. The number of anilines is 1. The molecule has 0 saturated carbocycles. The fourth-order valence-corrected chi connectivity index (χ4v) is 1.46. The van der Waals surface area contributed by atoms with E-state index in [1.54, 1.807) is 0 Å². The number of carbonyl (C=O) groups is 2. The van der Waals surface area contributed by atoms with Gasteiger partial charge in [0.15, 0.2) is 0 Å². The molecule has 1 aromatic carbocycles. The lowest BCUT2D eigenvalue weighted by Crippen LogP contribution is -2.39. The fraction of sp³-hybridized carbons (Fsp3) is 0.273. The van der Waals surface area contributed by atoms with Gasteiger partial charge in [-0.3, -0.25) is 4.79 Å². The zero-order valence-electron chi connectivity index (χ0n) is 9.64. The molecule has 0 aliphatic carbocycles. The molecule has 0 aliphatic heterocycles. The van der Waals surface area contributed by atoms with Crippen LogP contribution < -0.4 is 11.1 Å². The first-order chi connectivity index (χ1) is 8.45. The van der Waals surface area contributed by atoms with Crippen LogP contribution in [0.25, 0.3) is 0 Å². The highest BCUT2D eigenvalue weighted by Gasteiger charge is 2.17. The van der Waals surface area contributed by atoms with Crippen LogP contribution in [0, 0.1) is 0 Å². The van der Waals surface area contributed by atoms with Crippen LogP contribution >= 0.6 is 11.6 Å². The first-order valence-corrected chi connectivity index (χ1v) is 5.41. The predicted octanol–water partition coefficient (Wildman–Crippen LogP) is 0.950. The Morgan fingerprint density at radius 1 is 1.56 bits per heavy atom. The Morgan fingerprint density at radius 3 is 2.78 bits per heavy atom. The third-order valence-corrected chi connectivity index (χ3v) is 2.39. The Hall–Kier alpha value is -1.63. The number of rotatable bonds is 5. The molecule has 6 nitrogen and oxygen atoms in total. The van der Waals surface area contributed by atoms with Gasteiger partial charge in [-0.05, 0) is 18.2 Å². The molecule has 0 aliphatic rings. The first kappa shape index (κ1) is 14.4. The average molecular weight is 273 g/mol. The number of methoxy groups -OCH3 is 1. The zero-order chi connectivity index (χ0) is 13.7. The number of benzene rings is 1. The van der Waals surface area contributed by atoms with Crippen molar-refractivity contribution in [2.24, 2.45) is 5.73 Å². The minimum atomic E-state index is -1.19. The van der Waals surface area contributed by atoms with E-state index in [0.29, 0.717) is 0 Å². The predicted molar refractivity (Wildman–Crippen MR) is 66.9 cm³/mol. The molecule has 0 spiro atoms. The van der Waals surface area contributed by atoms with Crippen LogP contribution in [0.15, 0.2) is 18.2 Å². The lowest BCUT2D eigenvalue weighted by molar-refractivity contribution is -0.118. The van der Waals surface area contributed by atoms with Crippen LogP contribution in [-0.4, -0.2) is 36.7 Å². The Morgan fingerprint density at radius 2 is 2.22 bits per heavy atom. The summed E-state index contributed by atoms with van der Waals surface area (Å²) in [6, 6.07) is 3.27. The van der Waals surface area contributed by atoms with E-state index in [0.717, 1.165) is 0 Å². The van der Waals surface area contributed by atoms with Gasteiger partial charge in [-0.2, -0.15) is 0 Å². The summed E-state index contributed by atoms with van der Waals surface area (Å²) < 4.78 is 4.74. The van der Waals surface area contributed by atoms with Crippen molar-refractivity contribution in [2.45, 2.75) is 6.04 Å². The van der Waals surface area contributed by atoms with Crippen LogP contribution in [0.2, 0.25) is 5.02 Å². The summed E-state index contributed by atoms with van der Waals surface area (Å²) in [6.07, 6.45) is 0. The van der Waals surface area contributed by atoms with E-state index in [1.807, 2.05) is 0 Å². The van der Waals surface area contributed by atoms with Crippen molar-refractivity contribution in [3.05, 3.63) is 28.8 Å². The van der Waals surface area contributed by atoms with Crippen molar-refractivity contribution >= 4 is 29.2 Å². The molecule has 0 heterocycles. The molecule has 1 rings (SSSR count). The second-order valence-electron chi connectivity index (χ2n) is 3.55. The molecule has 0 bridgehead atoms. The van der Waals surface area contributed by atoms with E-state index in [4.69, 9.17) is 27.2 Å². The van der Waals surface area contributed by atoms with E-state index in [9.17, 15) is 9.59 Å². The van der Waals surface area contributed by atoms with Crippen LogP contribution in [0.5, 0.6) is 0 Å². The van der Waals surface area contributed by atoms with Crippen LogP contribution in [0.3, 0.4) is 0 Å². The van der Waals surface area contributed by atoms with Gasteiger partial charge in [0, 0.05) is 12.1 Å². The second-order valence-corrected chi connectivity index (χ2v) is 3.98. The monoisotopic (exact) mass is 272 g/mol. The van der Waals surface area contributed by atoms with E-state index < -0.39 is 17.9 Å². The van der Waals surface area contributed by atoms with Crippen LogP contribution in [0.4, 0.5) is 5.69 Å². The van der Waals surface area contributed by atoms with Crippen molar-refractivity contribution < 1.29 is 19.4 Å². The minimum absolute atomic E-state index is 0.0435. The molecular formula is C11H13ClN2O4. The van der Waals surface area contributed by atoms with E-state index in [2.05, 4.69) is 5.32 Å². The molecule has 0 radical (unpaired) electrons. The molecule has 1 unspecified atom stereocenters. The lowest BCUT2D eigenvalue weighted by Gasteiger charge is -2.13. The number of ether oxygens (including phenoxy) is 1. The number of carbonyl (C=O) groups excluding carboxylic acids is 1. The molecule has 1 aromatic rings. The summed E-state index contributed by atoms with van der Waals surface area (Å²) in [7, 11) is 1.41. The number of nitrogens with two attached hydrogens (primary N) is 1. The van der Waals surface area contributed by atoms with E-state index >= 15 is 0 Å². The van der Waals surface area contributed by atoms with E-state index in [-0.39, 0.29) is 22.9 Å². The topological polar surface area (TPSA) is 102 Å². The summed E-state index contributed by atoms with van der Waals surface area (Å²) in [5, 5.41) is 11.7. The molecular weight excluding hydrogens is 260 g/mol. The maximum atomic E-state index is 11.6. The first-order valence-electron chi connectivity index (χ1n) is 5.04. The second kappa shape index (κ2) is 6.34. The lowest BCUT2D eigenvalue weighted by atomic mass is 10.1. The number of amides is 1.